The molecular formula is C12H8F2O4. The SMILES string of the molecule is CC(=O)OCC(=O)c1c(F)cc2occc2c1F. The molecule has 6 heteroatoms. The summed E-state index contributed by atoms with van der Waals surface area (Å²) in [7, 11) is 0. The lowest BCUT2D eigenvalue weighted by molar-refractivity contribution is -0.139. The van der Waals surface area contributed by atoms with E-state index >= 15 is 0 Å². The van der Waals surface area contributed by atoms with Crippen LogP contribution < -0.4 is 0 Å². The van der Waals surface area contributed by atoms with Crippen LogP contribution in [0.2, 0.25) is 0 Å². The smallest absolute Gasteiger partial charge is 0.303 e. The maximum atomic E-state index is 13.9. The van der Waals surface area contributed by atoms with Crippen molar-refractivity contribution in [1.29, 1.82) is 0 Å². The van der Waals surface area contributed by atoms with Gasteiger partial charge >= 0.3 is 5.97 Å². The molecule has 0 saturated carbocycles. The van der Waals surface area contributed by atoms with E-state index in [4.69, 9.17) is 4.42 Å². The Kier molecular flexibility index (Phi) is 3.10. The predicted molar refractivity (Wildman–Crippen MR) is 57.1 cm³/mol. The van der Waals surface area contributed by atoms with Gasteiger partial charge < -0.3 is 9.15 Å². The second-order valence-electron chi connectivity index (χ2n) is 3.58. The van der Waals surface area contributed by atoms with E-state index in [0.717, 1.165) is 13.0 Å². The van der Waals surface area contributed by atoms with Crippen LogP contribution >= 0.6 is 0 Å². The van der Waals surface area contributed by atoms with Gasteiger partial charge in [-0.3, -0.25) is 9.59 Å². The number of Topliss-reactive ketones (excluding diaryl/α,β-unsaturated/α-hetero) is 1. The fourth-order valence-electron chi connectivity index (χ4n) is 1.54. The Morgan fingerprint density at radius 2 is 2.11 bits per heavy atom. The molecule has 1 aromatic heterocycles. The number of fused-ring (bicyclic) bond motifs is 1. The molecule has 2 rings (SSSR count). The number of halogens is 2. The van der Waals surface area contributed by atoms with Crippen LogP contribution in [0.1, 0.15) is 17.3 Å². The summed E-state index contributed by atoms with van der Waals surface area (Å²) in [6.07, 6.45) is 1.19. The minimum atomic E-state index is -1.05. The first-order valence-corrected chi connectivity index (χ1v) is 5.02. The van der Waals surface area contributed by atoms with Crippen molar-refractivity contribution in [1.82, 2.24) is 0 Å². The average Bonchev–Trinajstić information content (AvgIpc) is 2.74. The van der Waals surface area contributed by atoms with Gasteiger partial charge in [0.2, 0.25) is 5.78 Å². The molecule has 0 saturated heterocycles. The van der Waals surface area contributed by atoms with Crippen LogP contribution in [0.3, 0.4) is 0 Å². The van der Waals surface area contributed by atoms with E-state index in [1.54, 1.807) is 0 Å². The van der Waals surface area contributed by atoms with Crippen LogP contribution in [0.4, 0.5) is 8.78 Å². The predicted octanol–water partition coefficient (Wildman–Crippen LogP) is 2.46. The third-order valence-electron chi connectivity index (χ3n) is 2.33. The quantitative estimate of drug-likeness (QED) is 0.623. The van der Waals surface area contributed by atoms with Crippen LogP contribution in [0.25, 0.3) is 11.0 Å². The molecule has 0 aliphatic rings. The third-order valence-corrected chi connectivity index (χ3v) is 2.33. The number of carbonyl (C=O) groups is 2. The van der Waals surface area contributed by atoms with Gasteiger partial charge in [-0.25, -0.2) is 8.78 Å². The van der Waals surface area contributed by atoms with E-state index in [-0.39, 0.29) is 11.0 Å². The molecule has 4 nitrogen and oxygen atoms in total. The van der Waals surface area contributed by atoms with E-state index in [0.29, 0.717) is 0 Å². The first kappa shape index (κ1) is 12.2. The van der Waals surface area contributed by atoms with E-state index in [2.05, 4.69) is 4.74 Å². The van der Waals surface area contributed by atoms with Crippen LogP contribution in [-0.2, 0) is 9.53 Å². The summed E-state index contributed by atoms with van der Waals surface area (Å²) >= 11 is 0. The number of carbonyl (C=O) groups excluding carboxylic acids is 2. The normalized spacial score (nSPS) is 10.6. The maximum Gasteiger partial charge on any atom is 0.303 e. The molecule has 1 heterocycles. The minimum Gasteiger partial charge on any atom is -0.464 e. The van der Waals surface area contributed by atoms with Gasteiger partial charge in [0.15, 0.2) is 6.61 Å². The molecule has 1 aromatic carbocycles. The zero-order valence-corrected chi connectivity index (χ0v) is 9.33. The fraction of sp³-hybridized carbons (Fsp3) is 0.167. The average molecular weight is 254 g/mol. The molecule has 0 fully saturated rings. The lowest BCUT2D eigenvalue weighted by Crippen LogP contribution is -2.15. The van der Waals surface area contributed by atoms with Crippen LogP contribution in [0.5, 0.6) is 0 Å². The molecule has 2 aromatic rings. The molecule has 0 aliphatic heterocycles. The van der Waals surface area contributed by atoms with Gasteiger partial charge in [0.25, 0.3) is 0 Å². The number of esters is 1. The first-order chi connectivity index (χ1) is 8.50. The van der Waals surface area contributed by atoms with Gasteiger partial charge in [0.05, 0.1) is 17.2 Å². The monoisotopic (exact) mass is 254 g/mol. The van der Waals surface area contributed by atoms with Crippen molar-refractivity contribution in [3.05, 3.63) is 35.6 Å². The summed E-state index contributed by atoms with van der Waals surface area (Å²) in [6.45, 7) is 0.395. The summed E-state index contributed by atoms with van der Waals surface area (Å²) in [6, 6.07) is 2.20. The number of ketones is 1. The lowest BCUT2D eigenvalue weighted by Gasteiger charge is -2.05. The highest BCUT2D eigenvalue weighted by Crippen LogP contribution is 2.25. The molecule has 0 radical (unpaired) electrons. The number of ether oxygens (including phenoxy) is 1. The van der Waals surface area contributed by atoms with Gasteiger partial charge in [-0.2, -0.15) is 0 Å². The highest BCUT2D eigenvalue weighted by atomic mass is 19.1. The van der Waals surface area contributed by atoms with Crippen molar-refractivity contribution in [2.24, 2.45) is 0 Å². The van der Waals surface area contributed by atoms with Crippen LogP contribution in [-0.4, -0.2) is 18.4 Å². The van der Waals surface area contributed by atoms with Gasteiger partial charge in [0, 0.05) is 13.0 Å². The number of hydrogen-bond acceptors (Lipinski definition) is 4. The Morgan fingerprint density at radius 3 is 2.78 bits per heavy atom. The number of rotatable bonds is 3. The van der Waals surface area contributed by atoms with Gasteiger partial charge in [0.1, 0.15) is 17.2 Å². The van der Waals surface area contributed by atoms with Gasteiger partial charge in [-0.05, 0) is 6.07 Å². The van der Waals surface area contributed by atoms with E-state index in [1.807, 2.05) is 0 Å². The Balaban J connectivity index is 2.43. The van der Waals surface area contributed by atoms with Crippen molar-refractivity contribution < 1.29 is 27.5 Å². The Labute approximate surface area is 100 Å². The summed E-state index contributed by atoms with van der Waals surface area (Å²) in [4.78, 5) is 22.1. The van der Waals surface area contributed by atoms with Crippen molar-refractivity contribution in [2.45, 2.75) is 6.92 Å². The largest absolute Gasteiger partial charge is 0.464 e. The number of furan rings is 1. The maximum absolute atomic E-state index is 13.9. The third kappa shape index (κ3) is 2.09. The van der Waals surface area contributed by atoms with Gasteiger partial charge in [-0.15, -0.1) is 0 Å². The van der Waals surface area contributed by atoms with E-state index in [9.17, 15) is 18.4 Å². The molecule has 0 atom stereocenters. The summed E-state index contributed by atoms with van der Waals surface area (Å²) in [5, 5.41) is 0.00238. The molecule has 0 aliphatic carbocycles. The number of benzene rings is 1. The zero-order valence-electron chi connectivity index (χ0n) is 9.33. The Hall–Kier alpha value is -2.24. The van der Waals surface area contributed by atoms with Crippen LogP contribution in [0, 0.1) is 11.6 Å². The highest BCUT2D eigenvalue weighted by molar-refractivity contribution is 6.01. The molecule has 18 heavy (non-hydrogen) atoms. The van der Waals surface area contributed by atoms with Crippen molar-refractivity contribution in [3.8, 4) is 0 Å². The minimum absolute atomic E-state index is 0.00238. The molecule has 0 unspecified atom stereocenters. The Morgan fingerprint density at radius 1 is 1.39 bits per heavy atom. The second kappa shape index (κ2) is 4.56. The molecule has 0 N–H and O–H groups in total. The molecule has 0 amide bonds. The van der Waals surface area contributed by atoms with Crippen molar-refractivity contribution in [3.63, 3.8) is 0 Å². The van der Waals surface area contributed by atoms with Crippen molar-refractivity contribution in [2.75, 3.05) is 6.61 Å². The topological polar surface area (TPSA) is 56.5 Å². The van der Waals surface area contributed by atoms with E-state index in [1.165, 1.54) is 12.3 Å². The van der Waals surface area contributed by atoms with Crippen LogP contribution in [0.15, 0.2) is 22.8 Å². The summed E-state index contributed by atoms with van der Waals surface area (Å²) in [5.74, 6) is -3.71. The number of hydrogen-bond donors (Lipinski definition) is 0. The summed E-state index contributed by atoms with van der Waals surface area (Å²) in [5.41, 5.74) is -0.723. The zero-order chi connectivity index (χ0) is 13.3. The highest BCUT2D eigenvalue weighted by Gasteiger charge is 2.22. The first-order valence-electron chi connectivity index (χ1n) is 5.02. The fourth-order valence-corrected chi connectivity index (χ4v) is 1.54. The molecule has 0 spiro atoms. The Bertz CT molecular complexity index is 630. The second-order valence-corrected chi connectivity index (χ2v) is 3.58. The lowest BCUT2D eigenvalue weighted by atomic mass is 10.1. The standard InChI is InChI=1S/C12H8F2O4/c1-6(15)18-5-9(16)11-8(13)4-10-7(12(11)14)2-3-17-10/h2-4H,5H2,1H3. The summed E-state index contributed by atoms with van der Waals surface area (Å²) < 4.78 is 36.7. The molecular weight excluding hydrogens is 246 g/mol. The van der Waals surface area contributed by atoms with E-state index < -0.39 is 35.6 Å². The van der Waals surface area contributed by atoms with Crippen molar-refractivity contribution >= 4 is 22.7 Å². The molecule has 0 bridgehead atoms. The molecule has 94 valence electrons. The van der Waals surface area contributed by atoms with Gasteiger partial charge in [-0.1, -0.05) is 0 Å².